The summed E-state index contributed by atoms with van der Waals surface area (Å²) in [5.74, 6) is -1.23. The second-order valence-corrected chi connectivity index (χ2v) is 11.3. The SMILES string of the molecule is CCCCOC(=O)c1cc(NC(=O)CN2C(=O)S/C(=C/c3ccc(OCc4ccc(Cl)cc4Cl)cc3)C2=O)ccc1Cl. The molecule has 218 valence electrons. The van der Waals surface area contributed by atoms with Crippen LogP contribution < -0.4 is 10.1 Å². The average Bonchev–Trinajstić information content (AvgIpc) is 3.21. The number of esters is 1. The van der Waals surface area contributed by atoms with E-state index in [4.69, 9.17) is 44.3 Å². The summed E-state index contributed by atoms with van der Waals surface area (Å²) in [6.45, 7) is 1.98. The van der Waals surface area contributed by atoms with E-state index in [0.717, 1.165) is 28.6 Å². The summed E-state index contributed by atoms with van der Waals surface area (Å²) in [5.41, 5.74) is 1.82. The molecule has 0 radical (unpaired) electrons. The largest absolute Gasteiger partial charge is 0.489 e. The Morgan fingerprint density at radius 1 is 0.976 bits per heavy atom. The van der Waals surface area contributed by atoms with E-state index in [2.05, 4.69) is 5.32 Å². The van der Waals surface area contributed by atoms with E-state index < -0.39 is 29.6 Å². The van der Waals surface area contributed by atoms with E-state index in [1.807, 2.05) is 6.92 Å². The van der Waals surface area contributed by atoms with Crippen LogP contribution >= 0.6 is 46.6 Å². The molecule has 12 heteroatoms. The topological polar surface area (TPSA) is 102 Å². The summed E-state index contributed by atoms with van der Waals surface area (Å²) < 4.78 is 11.0. The molecule has 0 aromatic heterocycles. The molecule has 1 N–H and O–H groups in total. The van der Waals surface area contributed by atoms with Gasteiger partial charge < -0.3 is 14.8 Å². The van der Waals surface area contributed by atoms with Crippen LogP contribution in [0.25, 0.3) is 6.08 Å². The number of ether oxygens (including phenoxy) is 2. The molecule has 0 atom stereocenters. The molecule has 3 aromatic rings. The lowest BCUT2D eigenvalue weighted by molar-refractivity contribution is -0.127. The number of benzene rings is 3. The van der Waals surface area contributed by atoms with Gasteiger partial charge in [-0.15, -0.1) is 0 Å². The van der Waals surface area contributed by atoms with Crippen molar-refractivity contribution in [3.63, 3.8) is 0 Å². The Bertz CT molecular complexity index is 1540. The highest BCUT2D eigenvalue weighted by Gasteiger charge is 2.36. The zero-order valence-electron chi connectivity index (χ0n) is 22.3. The molecule has 0 saturated carbocycles. The van der Waals surface area contributed by atoms with Gasteiger partial charge in [0.05, 0.1) is 22.1 Å². The Balaban J connectivity index is 1.34. The summed E-state index contributed by atoms with van der Waals surface area (Å²) in [6.07, 6.45) is 3.15. The van der Waals surface area contributed by atoms with Crippen molar-refractivity contribution in [2.75, 3.05) is 18.5 Å². The molecule has 0 aliphatic carbocycles. The third kappa shape index (κ3) is 8.29. The van der Waals surface area contributed by atoms with Crippen molar-refractivity contribution >= 4 is 81.4 Å². The van der Waals surface area contributed by atoms with Crippen molar-refractivity contribution in [1.29, 1.82) is 0 Å². The summed E-state index contributed by atoms with van der Waals surface area (Å²) in [5, 5.41) is 3.24. The number of hydrogen-bond acceptors (Lipinski definition) is 7. The molecule has 1 fully saturated rings. The predicted molar refractivity (Wildman–Crippen MR) is 165 cm³/mol. The molecule has 1 aliphatic heterocycles. The van der Waals surface area contributed by atoms with Gasteiger partial charge in [0.15, 0.2) is 0 Å². The van der Waals surface area contributed by atoms with Gasteiger partial charge in [-0.05, 0) is 72.3 Å². The number of nitrogens with zero attached hydrogens (tertiary/aromatic N) is 1. The van der Waals surface area contributed by atoms with Crippen LogP contribution in [0.15, 0.2) is 65.6 Å². The smallest absolute Gasteiger partial charge is 0.339 e. The normalized spacial score (nSPS) is 13.9. The first-order chi connectivity index (χ1) is 20.1. The minimum absolute atomic E-state index is 0.102. The summed E-state index contributed by atoms with van der Waals surface area (Å²) in [6, 6.07) is 16.5. The molecule has 4 rings (SSSR count). The number of rotatable bonds is 11. The first kappa shape index (κ1) is 31.4. The lowest BCUT2D eigenvalue weighted by Crippen LogP contribution is -2.36. The van der Waals surface area contributed by atoms with Gasteiger partial charge in [-0.3, -0.25) is 19.3 Å². The molecule has 1 aliphatic rings. The number of carbonyl (C=O) groups excluding carboxylic acids is 4. The van der Waals surface area contributed by atoms with Crippen LogP contribution in [-0.4, -0.2) is 41.1 Å². The molecule has 0 unspecified atom stereocenters. The first-order valence-electron chi connectivity index (χ1n) is 12.8. The fraction of sp³-hybridized carbons (Fsp3) is 0.200. The number of unbranched alkanes of at least 4 members (excludes halogenated alkanes) is 1. The van der Waals surface area contributed by atoms with Crippen LogP contribution in [0.3, 0.4) is 0 Å². The van der Waals surface area contributed by atoms with E-state index in [1.54, 1.807) is 48.5 Å². The third-order valence-electron chi connectivity index (χ3n) is 5.96. The Morgan fingerprint density at radius 2 is 1.74 bits per heavy atom. The van der Waals surface area contributed by atoms with Gasteiger partial charge in [-0.2, -0.15) is 0 Å². The molecule has 8 nitrogen and oxygen atoms in total. The minimum Gasteiger partial charge on any atom is -0.489 e. The van der Waals surface area contributed by atoms with E-state index in [-0.39, 0.29) is 34.4 Å². The van der Waals surface area contributed by atoms with Crippen LogP contribution in [0.4, 0.5) is 10.5 Å². The Hall–Kier alpha value is -3.50. The molecule has 3 amide bonds. The third-order valence-corrected chi connectivity index (χ3v) is 7.79. The maximum atomic E-state index is 12.9. The Kier molecular flexibility index (Phi) is 10.9. The van der Waals surface area contributed by atoms with Gasteiger partial charge in [0, 0.05) is 21.3 Å². The summed E-state index contributed by atoms with van der Waals surface area (Å²) >= 11 is 19.0. The number of halogens is 3. The fourth-order valence-corrected chi connectivity index (χ4v) is 5.23. The van der Waals surface area contributed by atoms with Crippen molar-refractivity contribution in [1.82, 2.24) is 4.90 Å². The monoisotopic (exact) mass is 646 g/mol. The maximum Gasteiger partial charge on any atom is 0.339 e. The van der Waals surface area contributed by atoms with Crippen LogP contribution in [0.2, 0.25) is 15.1 Å². The number of hydrogen-bond donors (Lipinski definition) is 1. The average molecular weight is 648 g/mol. The van der Waals surface area contributed by atoms with E-state index in [1.165, 1.54) is 18.2 Å². The van der Waals surface area contributed by atoms with Gasteiger partial charge >= 0.3 is 5.97 Å². The molecule has 42 heavy (non-hydrogen) atoms. The summed E-state index contributed by atoms with van der Waals surface area (Å²) in [7, 11) is 0. The standard InChI is InChI=1S/C30H25Cl3N2O6S/c1-2-3-12-40-29(38)23-15-21(8-11-24(23)32)34-27(36)16-35-28(37)26(42-30(35)39)13-18-4-9-22(10-5-18)41-17-19-6-7-20(31)14-25(19)33/h4-11,13-15H,2-3,12,16-17H2,1H3,(H,34,36)/b26-13+. The van der Waals surface area contributed by atoms with Gasteiger partial charge in [0.2, 0.25) is 5.91 Å². The van der Waals surface area contributed by atoms with Crippen LogP contribution in [0.5, 0.6) is 5.75 Å². The van der Waals surface area contributed by atoms with Crippen LogP contribution in [-0.2, 0) is 20.9 Å². The lowest BCUT2D eigenvalue weighted by Gasteiger charge is -2.13. The molecular weight excluding hydrogens is 623 g/mol. The number of thioether (sulfide) groups is 1. The van der Waals surface area contributed by atoms with Gasteiger partial charge in [-0.1, -0.05) is 66.3 Å². The molecule has 0 bridgehead atoms. The quantitative estimate of drug-likeness (QED) is 0.128. The van der Waals surface area contributed by atoms with Crippen molar-refractivity contribution in [3.05, 3.63) is 97.3 Å². The molecule has 1 saturated heterocycles. The second-order valence-electron chi connectivity index (χ2n) is 9.09. The van der Waals surface area contributed by atoms with E-state index >= 15 is 0 Å². The maximum absolute atomic E-state index is 12.9. The van der Waals surface area contributed by atoms with Crippen LogP contribution in [0, 0.1) is 0 Å². The van der Waals surface area contributed by atoms with Gasteiger partial charge in [0.25, 0.3) is 11.1 Å². The number of carbonyl (C=O) groups is 4. The number of anilines is 1. The van der Waals surface area contributed by atoms with Crippen molar-refractivity contribution in [2.45, 2.75) is 26.4 Å². The highest BCUT2D eigenvalue weighted by molar-refractivity contribution is 8.18. The number of amides is 3. The van der Waals surface area contributed by atoms with Crippen LogP contribution in [0.1, 0.15) is 41.3 Å². The fourth-order valence-electron chi connectivity index (χ4n) is 3.74. The van der Waals surface area contributed by atoms with Crippen molar-refractivity contribution in [3.8, 4) is 5.75 Å². The zero-order chi connectivity index (χ0) is 30.2. The highest BCUT2D eigenvalue weighted by atomic mass is 35.5. The Morgan fingerprint density at radius 3 is 2.45 bits per heavy atom. The highest BCUT2D eigenvalue weighted by Crippen LogP contribution is 2.32. The number of imide groups is 1. The van der Waals surface area contributed by atoms with E-state index in [0.29, 0.717) is 27.8 Å². The molecular formula is C30H25Cl3N2O6S. The second kappa shape index (κ2) is 14.6. The van der Waals surface area contributed by atoms with Crippen molar-refractivity contribution < 1.29 is 28.7 Å². The molecule has 1 heterocycles. The van der Waals surface area contributed by atoms with Gasteiger partial charge in [0.1, 0.15) is 18.9 Å². The Labute approximate surface area is 261 Å². The predicted octanol–water partition coefficient (Wildman–Crippen LogP) is 7.86. The molecule has 0 spiro atoms. The van der Waals surface area contributed by atoms with E-state index in [9.17, 15) is 19.2 Å². The molecule has 3 aromatic carbocycles. The van der Waals surface area contributed by atoms with Gasteiger partial charge in [-0.25, -0.2) is 4.79 Å². The summed E-state index contributed by atoms with van der Waals surface area (Å²) in [4.78, 5) is 51.5. The number of nitrogens with one attached hydrogen (secondary N) is 1. The van der Waals surface area contributed by atoms with Crippen molar-refractivity contribution in [2.24, 2.45) is 0 Å². The zero-order valence-corrected chi connectivity index (χ0v) is 25.4. The minimum atomic E-state index is -0.617. The lowest BCUT2D eigenvalue weighted by atomic mass is 10.2. The first-order valence-corrected chi connectivity index (χ1v) is 14.8.